The second-order valence-corrected chi connectivity index (χ2v) is 7.68. The summed E-state index contributed by atoms with van der Waals surface area (Å²) < 4.78 is 5.11. The van der Waals surface area contributed by atoms with Gasteiger partial charge in [0, 0.05) is 18.0 Å². The molecule has 0 amide bonds. The van der Waals surface area contributed by atoms with Crippen LogP contribution in [0.15, 0.2) is 6.33 Å². The highest BCUT2D eigenvalue weighted by Crippen LogP contribution is 2.36. The standard InChI is InChI=1S/C17H22N6O4S/c1-4-27-16(24)12-6-5-7-22(8-12)15-13(23(25)26)14(18-9-19-15)21-17-20-10(2)11(3)28-17/h9,12H,4-8H2,1-3H3,(H,18,19,20,21). The Balaban J connectivity index is 1.90. The lowest BCUT2D eigenvalue weighted by atomic mass is 9.98. The maximum absolute atomic E-state index is 12.1. The zero-order valence-electron chi connectivity index (χ0n) is 16.0. The van der Waals surface area contributed by atoms with E-state index in [1.54, 1.807) is 11.8 Å². The number of rotatable bonds is 6. The molecule has 3 heterocycles. The van der Waals surface area contributed by atoms with Crippen LogP contribution in [0.5, 0.6) is 0 Å². The van der Waals surface area contributed by atoms with Gasteiger partial charge in [-0.15, -0.1) is 11.3 Å². The lowest BCUT2D eigenvalue weighted by Gasteiger charge is -2.32. The fourth-order valence-corrected chi connectivity index (χ4v) is 3.92. The summed E-state index contributed by atoms with van der Waals surface area (Å²) >= 11 is 1.40. The van der Waals surface area contributed by atoms with Gasteiger partial charge in [-0.3, -0.25) is 14.9 Å². The summed E-state index contributed by atoms with van der Waals surface area (Å²) in [5.41, 5.74) is 0.634. The SMILES string of the molecule is CCOC(=O)C1CCCN(c2ncnc(Nc3nc(C)c(C)s3)c2[N+](=O)[O-])C1. The van der Waals surface area contributed by atoms with Crippen molar-refractivity contribution < 1.29 is 14.5 Å². The molecule has 150 valence electrons. The topological polar surface area (TPSA) is 123 Å². The van der Waals surface area contributed by atoms with Crippen LogP contribution in [0.25, 0.3) is 0 Å². The van der Waals surface area contributed by atoms with Gasteiger partial charge in [-0.2, -0.15) is 0 Å². The molecule has 0 aliphatic carbocycles. The predicted molar refractivity (Wildman–Crippen MR) is 105 cm³/mol. The highest BCUT2D eigenvalue weighted by Gasteiger charge is 2.33. The molecular weight excluding hydrogens is 384 g/mol. The molecule has 3 rings (SSSR count). The van der Waals surface area contributed by atoms with Crippen molar-refractivity contribution in [2.24, 2.45) is 5.92 Å². The minimum absolute atomic E-state index is 0.0852. The van der Waals surface area contributed by atoms with Crippen LogP contribution in [0.3, 0.4) is 0 Å². The third kappa shape index (κ3) is 4.19. The average Bonchev–Trinajstić information content (AvgIpc) is 2.98. The van der Waals surface area contributed by atoms with Gasteiger partial charge in [-0.1, -0.05) is 0 Å². The number of carbonyl (C=O) groups is 1. The Hall–Kier alpha value is -2.82. The zero-order valence-corrected chi connectivity index (χ0v) is 16.8. The van der Waals surface area contributed by atoms with Crippen molar-refractivity contribution in [2.75, 3.05) is 29.9 Å². The fraction of sp³-hybridized carbons (Fsp3) is 0.529. The number of anilines is 3. The number of nitrogens with one attached hydrogen (secondary N) is 1. The van der Waals surface area contributed by atoms with Crippen LogP contribution in [0, 0.1) is 29.9 Å². The summed E-state index contributed by atoms with van der Waals surface area (Å²) in [4.78, 5) is 38.8. The monoisotopic (exact) mass is 406 g/mol. The fourth-order valence-electron chi connectivity index (χ4n) is 3.11. The van der Waals surface area contributed by atoms with Gasteiger partial charge in [0.05, 0.1) is 23.1 Å². The van der Waals surface area contributed by atoms with Crippen molar-refractivity contribution in [3.05, 3.63) is 27.0 Å². The number of ether oxygens (including phenoxy) is 1. The van der Waals surface area contributed by atoms with Gasteiger partial charge in [0.1, 0.15) is 6.33 Å². The van der Waals surface area contributed by atoms with Crippen molar-refractivity contribution in [3.8, 4) is 0 Å². The third-order valence-corrected chi connectivity index (χ3v) is 5.57. The molecule has 1 N–H and O–H groups in total. The van der Waals surface area contributed by atoms with Crippen molar-refractivity contribution in [2.45, 2.75) is 33.6 Å². The number of esters is 1. The van der Waals surface area contributed by atoms with Crippen LogP contribution >= 0.6 is 11.3 Å². The smallest absolute Gasteiger partial charge is 0.353 e. The summed E-state index contributed by atoms with van der Waals surface area (Å²) in [7, 11) is 0. The van der Waals surface area contributed by atoms with Crippen molar-refractivity contribution in [3.63, 3.8) is 0 Å². The van der Waals surface area contributed by atoms with Gasteiger partial charge < -0.3 is 15.0 Å². The van der Waals surface area contributed by atoms with Crippen LogP contribution in [0.2, 0.25) is 0 Å². The number of hydrogen-bond donors (Lipinski definition) is 1. The van der Waals surface area contributed by atoms with Gasteiger partial charge in [0.25, 0.3) is 0 Å². The van der Waals surface area contributed by atoms with E-state index in [4.69, 9.17) is 4.74 Å². The third-order valence-electron chi connectivity index (χ3n) is 4.58. The van der Waals surface area contributed by atoms with E-state index in [-0.39, 0.29) is 29.2 Å². The molecule has 1 aliphatic heterocycles. The van der Waals surface area contributed by atoms with Crippen LogP contribution in [0.1, 0.15) is 30.3 Å². The average molecular weight is 406 g/mol. The molecular formula is C17H22N6O4S. The van der Waals surface area contributed by atoms with Crippen molar-refractivity contribution in [1.29, 1.82) is 0 Å². The highest BCUT2D eigenvalue weighted by molar-refractivity contribution is 7.15. The van der Waals surface area contributed by atoms with Crippen LogP contribution in [0.4, 0.5) is 22.5 Å². The first-order valence-electron chi connectivity index (χ1n) is 9.02. The van der Waals surface area contributed by atoms with E-state index in [0.717, 1.165) is 17.0 Å². The van der Waals surface area contributed by atoms with E-state index in [0.29, 0.717) is 31.2 Å². The van der Waals surface area contributed by atoms with E-state index in [2.05, 4.69) is 20.3 Å². The number of carbonyl (C=O) groups excluding carboxylic acids is 1. The van der Waals surface area contributed by atoms with Gasteiger partial charge in [0.15, 0.2) is 5.13 Å². The maximum atomic E-state index is 12.1. The number of hydrogen-bond acceptors (Lipinski definition) is 10. The van der Waals surface area contributed by atoms with Gasteiger partial charge in [-0.25, -0.2) is 15.0 Å². The van der Waals surface area contributed by atoms with E-state index in [9.17, 15) is 14.9 Å². The minimum Gasteiger partial charge on any atom is -0.466 e. The Kier molecular flexibility index (Phi) is 6.02. The Morgan fingerprint density at radius 1 is 1.46 bits per heavy atom. The molecule has 0 spiro atoms. The van der Waals surface area contributed by atoms with E-state index >= 15 is 0 Å². The molecule has 1 atom stereocenters. The Labute approximate surface area is 166 Å². The van der Waals surface area contributed by atoms with Crippen LogP contribution in [-0.4, -0.2) is 45.5 Å². The maximum Gasteiger partial charge on any atom is 0.353 e. The largest absolute Gasteiger partial charge is 0.466 e. The van der Waals surface area contributed by atoms with Crippen LogP contribution < -0.4 is 10.2 Å². The molecule has 11 heteroatoms. The first kappa shape index (κ1) is 19.9. The number of aryl methyl sites for hydroxylation is 2. The molecule has 0 aromatic carbocycles. The molecule has 0 saturated carbocycles. The summed E-state index contributed by atoms with van der Waals surface area (Å²) in [5.74, 6) is -0.330. The summed E-state index contributed by atoms with van der Waals surface area (Å²) in [6, 6.07) is 0. The Morgan fingerprint density at radius 3 is 2.89 bits per heavy atom. The number of aromatic nitrogens is 3. The lowest BCUT2D eigenvalue weighted by molar-refractivity contribution is -0.383. The summed E-state index contributed by atoms with van der Waals surface area (Å²) in [5, 5.41) is 15.3. The van der Waals surface area contributed by atoms with Crippen molar-refractivity contribution in [1.82, 2.24) is 15.0 Å². The molecule has 1 unspecified atom stereocenters. The quantitative estimate of drug-likeness (QED) is 0.438. The molecule has 0 bridgehead atoms. The molecule has 1 aliphatic rings. The van der Waals surface area contributed by atoms with Gasteiger partial charge in [0.2, 0.25) is 11.6 Å². The normalized spacial score (nSPS) is 16.7. The van der Waals surface area contributed by atoms with E-state index in [1.165, 1.54) is 17.7 Å². The number of nitrogens with zero attached hydrogens (tertiary/aromatic N) is 5. The highest BCUT2D eigenvalue weighted by atomic mass is 32.1. The molecule has 0 radical (unpaired) electrons. The number of piperidine rings is 1. The predicted octanol–water partition coefficient (Wildman–Crippen LogP) is 2.98. The Morgan fingerprint density at radius 2 is 2.25 bits per heavy atom. The second-order valence-electron chi connectivity index (χ2n) is 6.47. The first-order valence-corrected chi connectivity index (χ1v) is 9.84. The summed E-state index contributed by atoms with van der Waals surface area (Å²) in [6.07, 6.45) is 2.70. The van der Waals surface area contributed by atoms with Crippen molar-refractivity contribution >= 4 is 39.8 Å². The number of nitro groups is 1. The molecule has 10 nitrogen and oxygen atoms in total. The molecule has 28 heavy (non-hydrogen) atoms. The minimum atomic E-state index is -0.501. The molecule has 1 saturated heterocycles. The molecule has 2 aromatic heterocycles. The van der Waals surface area contributed by atoms with Gasteiger partial charge in [-0.05, 0) is 33.6 Å². The first-order chi connectivity index (χ1) is 13.4. The Bertz CT molecular complexity index is 867. The lowest BCUT2D eigenvalue weighted by Crippen LogP contribution is -2.40. The van der Waals surface area contributed by atoms with Crippen LogP contribution in [-0.2, 0) is 9.53 Å². The van der Waals surface area contributed by atoms with Gasteiger partial charge >= 0.3 is 11.7 Å². The van der Waals surface area contributed by atoms with E-state index in [1.807, 2.05) is 13.8 Å². The number of thiazole rings is 1. The zero-order chi connectivity index (χ0) is 20.3. The molecule has 2 aromatic rings. The summed E-state index contributed by atoms with van der Waals surface area (Å²) in [6.45, 7) is 6.77. The van der Waals surface area contributed by atoms with E-state index < -0.39 is 4.92 Å². The second kappa shape index (κ2) is 8.46. The molecule has 1 fully saturated rings.